The average molecular weight is 371 g/mol. The van der Waals surface area contributed by atoms with Gasteiger partial charge in [-0.3, -0.25) is 0 Å². The van der Waals surface area contributed by atoms with Crippen molar-refractivity contribution in [2.75, 3.05) is 0 Å². The standard InChI is InChI=1S/C26H13NS/c1-4-14-10-12-20-25-22(14)16(6-1)18-8-3-9-19-17-7-2-5-15-11-13-21(28-20)26(23(15)17)27(25)24(18)19/h1-13H. The highest BCUT2D eigenvalue weighted by atomic mass is 32.1. The quantitative estimate of drug-likeness (QED) is 0.189. The molecule has 0 saturated heterocycles. The van der Waals surface area contributed by atoms with Crippen LogP contribution in [-0.4, -0.2) is 4.40 Å². The summed E-state index contributed by atoms with van der Waals surface area (Å²) in [7, 11) is 0. The molecule has 8 rings (SSSR count). The molecule has 0 saturated carbocycles. The number of nitrogens with zero attached hydrogens (tertiary/aromatic N) is 1. The van der Waals surface area contributed by atoms with Gasteiger partial charge in [0, 0.05) is 21.5 Å². The number of benzene rings is 5. The van der Waals surface area contributed by atoms with E-state index in [9.17, 15) is 0 Å². The van der Waals surface area contributed by atoms with E-state index in [0.29, 0.717) is 0 Å². The maximum absolute atomic E-state index is 2.57. The molecule has 3 heterocycles. The summed E-state index contributed by atoms with van der Waals surface area (Å²) in [6.45, 7) is 0. The van der Waals surface area contributed by atoms with E-state index in [1.54, 1.807) is 0 Å². The van der Waals surface area contributed by atoms with Gasteiger partial charge in [-0.15, -0.1) is 11.3 Å². The second kappa shape index (κ2) is 4.37. The third-order valence-corrected chi connectivity index (χ3v) is 7.57. The first-order chi connectivity index (χ1) is 13.9. The molecule has 0 aliphatic heterocycles. The summed E-state index contributed by atoms with van der Waals surface area (Å²) in [5, 5.41) is 10.8. The lowest BCUT2D eigenvalue weighted by atomic mass is 9.94. The van der Waals surface area contributed by atoms with Gasteiger partial charge < -0.3 is 4.40 Å². The van der Waals surface area contributed by atoms with Crippen LogP contribution in [0, 0.1) is 0 Å². The highest BCUT2D eigenvalue weighted by Gasteiger charge is 2.21. The number of fused-ring (bicyclic) bond motifs is 2. The number of hydrogen-bond acceptors (Lipinski definition) is 1. The van der Waals surface area contributed by atoms with E-state index >= 15 is 0 Å². The lowest BCUT2D eigenvalue weighted by Gasteiger charge is -2.22. The third kappa shape index (κ3) is 1.35. The van der Waals surface area contributed by atoms with E-state index in [4.69, 9.17) is 0 Å². The van der Waals surface area contributed by atoms with Gasteiger partial charge in [-0.2, -0.15) is 0 Å². The van der Waals surface area contributed by atoms with Crippen LogP contribution in [0.15, 0.2) is 78.9 Å². The van der Waals surface area contributed by atoms with Gasteiger partial charge in [0.15, 0.2) is 0 Å². The minimum atomic E-state index is 1.32. The first-order valence-corrected chi connectivity index (χ1v) is 10.4. The van der Waals surface area contributed by atoms with Crippen LogP contribution in [0.2, 0.25) is 0 Å². The van der Waals surface area contributed by atoms with E-state index < -0.39 is 0 Å². The average Bonchev–Trinajstić information content (AvgIpc) is 2.76. The van der Waals surface area contributed by atoms with Crippen LogP contribution in [0.4, 0.5) is 0 Å². The molecule has 0 bridgehead atoms. The minimum absolute atomic E-state index is 1.32. The molecule has 0 N–H and O–H groups in total. The summed E-state index contributed by atoms with van der Waals surface area (Å²) >= 11 is 1.91. The fourth-order valence-corrected chi connectivity index (χ4v) is 6.50. The summed E-state index contributed by atoms with van der Waals surface area (Å²) in [5.74, 6) is 0. The van der Waals surface area contributed by atoms with Crippen molar-refractivity contribution in [1.29, 1.82) is 0 Å². The van der Waals surface area contributed by atoms with Gasteiger partial charge in [-0.05, 0) is 33.7 Å². The molecule has 0 aliphatic rings. The van der Waals surface area contributed by atoms with E-state index in [1.807, 2.05) is 11.3 Å². The molecule has 128 valence electrons. The Balaban J connectivity index is 1.96. The topological polar surface area (TPSA) is 4.41 Å². The van der Waals surface area contributed by atoms with E-state index in [-0.39, 0.29) is 0 Å². The molecular formula is C26H13NS. The van der Waals surface area contributed by atoms with Gasteiger partial charge in [0.1, 0.15) is 0 Å². The molecule has 0 amide bonds. The molecular weight excluding hydrogens is 358 g/mol. The highest BCUT2D eigenvalue weighted by molar-refractivity contribution is 7.24. The SMILES string of the molecule is c1cc2ccc3sc4ccc5cccc6c7cccc8c(c1)c2c3n(c87)c4c56. The zero-order chi connectivity index (χ0) is 18.0. The van der Waals surface area contributed by atoms with Crippen LogP contribution in [0.25, 0.3) is 69.0 Å². The molecule has 2 heteroatoms. The summed E-state index contributed by atoms with van der Waals surface area (Å²) in [4.78, 5) is 0. The Morgan fingerprint density at radius 2 is 0.964 bits per heavy atom. The predicted octanol–water partition coefficient (Wildman–Crippen LogP) is 7.80. The molecule has 0 radical (unpaired) electrons. The number of rotatable bonds is 0. The van der Waals surface area contributed by atoms with Crippen molar-refractivity contribution < 1.29 is 0 Å². The first kappa shape index (κ1) is 13.8. The number of hydrogen-bond donors (Lipinski definition) is 0. The van der Waals surface area contributed by atoms with Gasteiger partial charge in [-0.1, -0.05) is 66.7 Å². The number of pyridine rings is 2. The van der Waals surface area contributed by atoms with Gasteiger partial charge in [0.25, 0.3) is 0 Å². The minimum Gasteiger partial charge on any atom is -0.305 e. The zero-order valence-corrected chi connectivity index (χ0v) is 15.7. The number of aromatic nitrogens is 1. The first-order valence-electron chi connectivity index (χ1n) is 9.63. The van der Waals surface area contributed by atoms with Crippen molar-refractivity contribution in [3.63, 3.8) is 0 Å². The Morgan fingerprint density at radius 3 is 1.54 bits per heavy atom. The summed E-state index contributed by atoms with van der Waals surface area (Å²) in [6, 6.07) is 29.4. The third-order valence-electron chi connectivity index (χ3n) is 6.47. The van der Waals surface area contributed by atoms with Crippen LogP contribution in [0.5, 0.6) is 0 Å². The molecule has 0 aliphatic carbocycles. The largest absolute Gasteiger partial charge is 0.305 e. The smallest absolute Gasteiger partial charge is 0.0720 e. The van der Waals surface area contributed by atoms with Crippen LogP contribution in [0.3, 0.4) is 0 Å². The van der Waals surface area contributed by atoms with E-state index in [2.05, 4.69) is 83.3 Å². The van der Waals surface area contributed by atoms with Gasteiger partial charge in [-0.25, -0.2) is 0 Å². The van der Waals surface area contributed by atoms with Gasteiger partial charge >= 0.3 is 0 Å². The summed E-state index contributed by atoms with van der Waals surface area (Å²) in [5.41, 5.74) is 4.09. The molecule has 3 aromatic heterocycles. The Labute approximate surface area is 163 Å². The lowest BCUT2D eigenvalue weighted by Crippen LogP contribution is -2.01. The molecule has 0 spiro atoms. The van der Waals surface area contributed by atoms with E-state index in [1.165, 1.54) is 69.0 Å². The Kier molecular flexibility index (Phi) is 2.15. The second-order valence-corrected chi connectivity index (χ2v) is 8.85. The molecule has 8 aromatic rings. The van der Waals surface area contributed by atoms with Crippen molar-refractivity contribution in [3.05, 3.63) is 78.9 Å². The molecule has 1 nitrogen and oxygen atoms in total. The molecule has 0 atom stereocenters. The predicted molar refractivity (Wildman–Crippen MR) is 123 cm³/mol. The zero-order valence-electron chi connectivity index (χ0n) is 14.9. The maximum atomic E-state index is 2.57. The van der Waals surface area contributed by atoms with Crippen LogP contribution >= 0.6 is 11.3 Å². The Bertz CT molecular complexity index is 1740. The summed E-state index contributed by atoms with van der Waals surface area (Å²) < 4.78 is 5.27. The fourth-order valence-electron chi connectivity index (χ4n) is 5.41. The van der Waals surface area contributed by atoms with E-state index in [0.717, 1.165) is 0 Å². The lowest BCUT2D eigenvalue weighted by molar-refractivity contribution is 1.35. The van der Waals surface area contributed by atoms with Crippen molar-refractivity contribution >= 4 is 80.4 Å². The number of para-hydroxylation sites is 1. The molecule has 28 heavy (non-hydrogen) atoms. The monoisotopic (exact) mass is 371 g/mol. The van der Waals surface area contributed by atoms with Gasteiger partial charge in [0.05, 0.1) is 25.9 Å². The molecule has 0 fully saturated rings. The van der Waals surface area contributed by atoms with Crippen LogP contribution in [-0.2, 0) is 0 Å². The molecule has 5 aromatic carbocycles. The Hall–Kier alpha value is -3.36. The van der Waals surface area contributed by atoms with Crippen molar-refractivity contribution in [2.24, 2.45) is 0 Å². The maximum Gasteiger partial charge on any atom is 0.0720 e. The fraction of sp³-hybridized carbons (Fsp3) is 0. The molecule has 0 unspecified atom stereocenters. The van der Waals surface area contributed by atoms with Crippen LogP contribution < -0.4 is 0 Å². The summed E-state index contributed by atoms with van der Waals surface area (Å²) in [6.07, 6.45) is 0. The van der Waals surface area contributed by atoms with Crippen molar-refractivity contribution in [3.8, 4) is 0 Å². The highest BCUT2D eigenvalue weighted by Crippen LogP contribution is 2.46. The van der Waals surface area contributed by atoms with Gasteiger partial charge in [0.2, 0.25) is 0 Å². The van der Waals surface area contributed by atoms with Crippen LogP contribution in [0.1, 0.15) is 0 Å². The van der Waals surface area contributed by atoms with Crippen molar-refractivity contribution in [2.45, 2.75) is 0 Å². The Morgan fingerprint density at radius 1 is 0.464 bits per heavy atom. The normalized spacial score (nSPS) is 13.0. The van der Waals surface area contributed by atoms with Crippen molar-refractivity contribution in [1.82, 2.24) is 4.40 Å². The second-order valence-electron chi connectivity index (χ2n) is 7.77.